The van der Waals surface area contributed by atoms with Crippen molar-refractivity contribution in [1.82, 2.24) is 15.1 Å². The SMILES string of the molecule is Cc1cccc(OCC(=O)N2CCN(C(=O)CNC(=O)c3ccccc3)CC2)c1C. The molecule has 7 heteroatoms. The molecule has 30 heavy (non-hydrogen) atoms. The smallest absolute Gasteiger partial charge is 0.260 e. The molecule has 2 aromatic rings. The van der Waals surface area contributed by atoms with Crippen LogP contribution in [0.1, 0.15) is 21.5 Å². The first-order valence-corrected chi connectivity index (χ1v) is 10.0. The predicted molar refractivity (Wildman–Crippen MR) is 113 cm³/mol. The number of hydrogen-bond donors (Lipinski definition) is 1. The van der Waals surface area contributed by atoms with E-state index in [4.69, 9.17) is 4.74 Å². The van der Waals surface area contributed by atoms with Crippen molar-refractivity contribution in [3.63, 3.8) is 0 Å². The maximum Gasteiger partial charge on any atom is 0.260 e. The van der Waals surface area contributed by atoms with Gasteiger partial charge < -0.3 is 19.9 Å². The van der Waals surface area contributed by atoms with Gasteiger partial charge in [-0.15, -0.1) is 0 Å². The molecule has 2 aromatic carbocycles. The molecule has 1 aliphatic rings. The molecule has 0 spiro atoms. The molecule has 0 unspecified atom stereocenters. The van der Waals surface area contributed by atoms with Gasteiger partial charge in [0.05, 0.1) is 6.54 Å². The Labute approximate surface area is 176 Å². The maximum atomic E-state index is 12.5. The second-order valence-electron chi connectivity index (χ2n) is 7.30. The summed E-state index contributed by atoms with van der Waals surface area (Å²) in [5, 5.41) is 2.65. The number of amides is 3. The first kappa shape index (κ1) is 21.4. The van der Waals surface area contributed by atoms with Crippen LogP contribution in [0.5, 0.6) is 5.75 Å². The molecule has 3 rings (SSSR count). The van der Waals surface area contributed by atoms with Gasteiger partial charge in [-0.25, -0.2) is 0 Å². The Morgan fingerprint density at radius 3 is 2.17 bits per heavy atom. The minimum absolute atomic E-state index is 0.0224. The topological polar surface area (TPSA) is 79.0 Å². The summed E-state index contributed by atoms with van der Waals surface area (Å²) in [5.41, 5.74) is 2.66. The van der Waals surface area contributed by atoms with Gasteiger partial charge in [-0.1, -0.05) is 30.3 Å². The van der Waals surface area contributed by atoms with Gasteiger partial charge in [0.1, 0.15) is 5.75 Å². The minimum atomic E-state index is -0.277. The van der Waals surface area contributed by atoms with E-state index in [1.165, 1.54) is 0 Å². The number of benzene rings is 2. The molecule has 0 saturated carbocycles. The van der Waals surface area contributed by atoms with Gasteiger partial charge in [0.25, 0.3) is 11.8 Å². The lowest BCUT2D eigenvalue weighted by molar-refractivity contribution is -0.140. The number of rotatable bonds is 6. The third-order valence-corrected chi connectivity index (χ3v) is 5.33. The zero-order valence-corrected chi connectivity index (χ0v) is 17.4. The number of carbonyl (C=O) groups excluding carboxylic acids is 3. The van der Waals surface area contributed by atoms with Crippen LogP contribution < -0.4 is 10.1 Å². The summed E-state index contributed by atoms with van der Waals surface area (Å²) >= 11 is 0. The Morgan fingerprint density at radius 2 is 1.50 bits per heavy atom. The molecule has 3 amide bonds. The van der Waals surface area contributed by atoms with E-state index in [1.54, 1.807) is 34.1 Å². The van der Waals surface area contributed by atoms with Crippen molar-refractivity contribution in [1.29, 1.82) is 0 Å². The summed E-state index contributed by atoms with van der Waals surface area (Å²) in [4.78, 5) is 40.3. The summed E-state index contributed by atoms with van der Waals surface area (Å²) in [5.74, 6) is 0.186. The summed E-state index contributed by atoms with van der Waals surface area (Å²) in [6, 6.07) is 14.5. The Kier molecular flexibility index (Phi) is 7.06. The van der Waals surface area contributed by atoms with Crippen LogP contribution in [0.25, 0.3) is 0 Å². The lowest BCUT2D eigenvalue weighted by atomic mass is 10.1. The average Bonchev–Trinajstić information content (AvgIpc) is 2.78. The van der Waals surface area contributed by atoms with Crippen LogP contribution in [0.4, 0.5) is 0 Å². The van der Waals surface area contributed by atoms with Gasteiger partial charge in [0.15, 0.2) is 6.61 Å². The van der Waals surface area contributed by atoms with Crippen LogP contribution in [0, 0.1) is 13.8 Å². The number of piperazine rings is 1. The number of hydrogen-bond acceptors (Lipinski definition) is 4. The fourth-order valence-electron chi connectivity index (χ4n) is 3.28. The van der Waals surface area contributed by atoms with Crippen molar-refractivity contribution in [2.24, 2.45) is 0 Å². The third kappa shape index (κ3) is 5.37. The van der Waals surface area contributed by atoms with Crippen molar-refractivity contribution < 1.29 is 19.1 Å². The summed E-state index contributed by atoms with van der Waals surface area (Å²) < 4.78 is 5.69. The Hall–Kier alpha value is -3.35. The van der Waals surface area contributed by atoms with Crippen molar-refractivity contribution in [2.75, 3.05) is 39.3 Å². The zero-order chi connectivity index (χ0) is 21.5. The van der Waals surface area contributed by atoms with Gasteiger partial charge in [0.2, 0.25) is 5.91 Å². The highest BCUT2D eigenvalue weighted by molar-refractivity contribution is 5.96. The summed E-state index contributed by atoms with van der Waals surface area (Å²) in [7, 11) is 0. The molecule has 0 radical (unpaired) electrons. The van der Waals surface area contributed by atoms with Crippen LogP contribution in [0.15, 0.2) is 48.5 Å². The van der Waals surface area contributed by atoms with Gasteiger partial charge >= 0.3 is 0 Å². The van der Waals surface area contributed by atoms with E-state index in [0.29, 0.717) is 37.5 Å². The second kappa shape index (κ2) is 9.91. The van der Waals surface area contributed by atoms with Crippen LogP contribution >= 0.6 is 0 Å². The van der Waals surface area contributed by atoms with E-state index in [9.17, 15) is 14.4 Å². The van der Waals surface area contributed by atoms with E-state index in [0.717, 1.165) is 11.1 Å². The Bertz CT molecular complexity index is 906. The first-order chi connectivity index (χ1) is 14.5. The molecule has 1 aliphatic heterocycles. The molecule has 1 heterocycles. The molecule has 0 atom stereocenters. The van der Waals surface area contributed by atoms with Crippen LogP contribution in [-0.4, -0.2) is 66.9 Å². The summed E-state index contributed by atoms with van der Waals surface area (Å²) in [6.07, 6.45) is 0. The molecular formula is C23H27N3O4. The van der Waals surface area contributed by atoms with Crippen LogP contribution in [-0.2, 0) is 9.59 Å². The highest BCUT2D eigenvalue weighted by atomic mass is 16.5. The number of carbonyl (C=O) groups is 3. The van der Waals surface area contributed by atoms with Gasteiger partial charge in [-0.05, 0) is 43.2 Å². The van der Waals surface area contributed by atoms with E-state index >= 15 is 0 Å². The molecule has 158 valence electrons. The average molecular weight is 409 g/mol. The van der Waals surface area contributed by atoms with Crippen molar-refractivity contribution in [3.05, 3.63) is 65.2 Å². The van der Waals surface area contributed by atoms with Crippen molar-refractivity contribution in [3.8, 4) is 5.75 Å². The van der Waals surface area contributed by atoms with Gasteiger partial charge in [-0.2, -0.15) is 0 Å². The monoisotopic (exact) mass is 409 g/mol. The molecule has 7 nitrogen and oxygen atoms in total. The fourth-order valence-corrected chi connectivity index (χ4v) is 3.28. The molecule has 1 saturated heterocycles. The highest BCUT2D eigenvalue weighted by Gasteiger charge is 2.24. The first-order valence-electron chi connectivity index (χ1n) is 10.0. The maximum absolute atomic E-state index is 12.5. The number of aryl methyl sites for hydroxylation is 1. The molecule has 1 fully saturated rings. The van der Waals surface area contributed by atoms with E-state index in [1.807, 2.05) is 38.1 Å². The Morgan fingerprint density at radius 1 is 0.867 bits per heavy atom. The Balaban J connectivity index is 1.41. The van der Waals surface area contributed by atoms with Crippen molar-refractivity contribution >= 4 is 17.7 Å². The third-order valence-electron chi connectivity index (χ3n) is 5.33. The van der Waals surface area contributed by atoms with E-state index in [-0.39, 0.29) is 30.9 Å². The lowest BCUT2D eigenvalue weighted by Gasteiger charge is -2.34. The van der Waals surface area contributed by atoms with Crippen molar-refractivity contribution in [2.45, 2.75) is 13.8 Å². The number of nitrogens with one attached hydrogen (secondary N) is 1. The quantitative estimate of drug-likeness (QED) is 0.789. The standard InChI is InChI=1S/C23H27N3O4/c1-17-7-6-10-20(18(17)2)30-16-22(28)26-13-11-25(12-14-26)21(27)15-24-23(29)19-8-4-3-5-9-19/h3-10H,11-16H2,1-2H3,(H,24,29). The minimum Gasteiger partial charge on any atom is -0.483 e. The molecule has 0 bridgehead atoms. The van der Waals surface area contributed by atoms with Gasteiger partial charge in [-0.3, -0.25) is 14.4 Å². The second-order valence-corrected chi connectivity index (χ2v) is 7.30. The van der Waals surface area contributed by atoms with Gasteiger partial charge in [0, 0.05) is 31.7 Å². The number of nitrogens with zero attached hydrogens (tertiary/aromatic N) is 2. The number of ether oxygens (including phenoxy) is 1. The van der Waals surface area contributed by atoms with Crippen LogP contribution in [0.3, 0.4) is 0 Å². The van der Waals surface area contributed by atoms with Crippen LogP contribution in [0.2, 0.25) is 0 Å². The molecular weight excluding hydrogens is 382 g/mol. The molecule has 0 aliphatic carbocycles. The normalized spacial score (nSPS) is 13.7. The van der Waals surface area contributed by atoms with E-state index < -0.39 is 0 Å². The predicted octanol–water partition coefficient (Wildman–Crippen LogP) is 1.78. The highest BCUT2D eigenvalue weighted by Crippen LogP contribution is 2.20. The largest absolute Gasteiger partial charge is 0.483 e. The fraction of sp³-hybridized carbons (Fsp3) is 0.348. The summed E-state index contributed by atoms with van der Waals surface area (Å²) in [6.45, 7) is 5.67. The zero-order valence-electron chi connectivity index (χ0n) is 17.4. The molecule has 1 N–H and O–H groups in total. The molecule has 0 aromatic heterocycles. The van der Waals surface area contributed by atoms with E-state index in [2.05, 4.69) is 5.32 Å². The lowest BCUT2D eigenvalue weighted by Crippen LogP contribution is -2.53.